The standard InChI is InChI=1S/C20H29N3O2/c1-3-12-22-13-6-10-20(18(22)24)11-7-14-23(20)19(25)21-15-17-9-5-4-8-16(17)2/h4-5,8-9H,3,6-7,10-15H2,1-2H3,(H,21,25). The lowest BCUT2D eigenvalue weighted by Gasteiger charge is -2.44. The maximum absolute atomic E-state index is 13.1. The van der Waals surface area contributed by atoms with Crippen molar-refractivity contribution in [3.8, 4) is 0 Å². The van der Waals surface area contributed by atoms with Gasteiger partial charge in [0.2, 0.25) is 5.91 Å². The maximum Gasteiger partial charge on any atom is 0.318 e. The van der Waals surface area contributed by atoms with Crippen molar-refractivity contribution in [3.05, 3.63) is 35.4 Å². The van der Waals surface area contributed by atoms with Crippen LogP contribution in [0.3, 0.4) is 0 Å². The molecule has 5 heteroatoms. The van der Waals surface area contributed by atoms with Crippen LogP contribution in [-0.4, -0.2) is 46.9 Å². The van der Waals surface area contributed by atoms with Gasteiger partial charge in [-0.05, 0) is 50.2 Å². The van der Waals surface area contributed by atoms with Crippen LogP contribution in [0.4, 0.5) is 4.79 Å². The highest BCUT2D eigenvalue weighted by Gasteiger charge is 2.52. The number of carbonyl (C=O) groups excluding carboxylic acids is 2. The van der Waals surface area contributed by atoms with E-state index in [4.69, 9.17) is 0 Å². The lowest BCUT2D eigenvalue weighted by Crippen LogP contribution is -2.62. The van der Waals surface area contributed by atoms with Crippen LogP contribution < -0.4 is 5.32 Å². The Morgan fingerprint density at radius 3 is 2.64 bits per heavy atom. The third-order valence-corrected chi connectivity index (χ3v) is 5.62. The van der Waals surface area contributed by atoms with Gasteiger partial charge >= 0.3 is 6.03 Å². The van der Waals surface area contributed by atoms with E-state index < -0.39 is 5.54 Å². The van der Waals surface area contributed by atoms with Gasteiger partial charge in [-0.2, -0.15) is 0 Å². The van der Waals surface area contributed by atoms with Gasteiger partial charge in [0.1, 0.15) is 5.54 Å². The number of carbonyl (C=O) groups is 2. The average molecular weight is 343 g/mol. The highest BCUT2D eigenvalue weighted by molar-refractivity contribution is 5.92. The largest absolute Gasteiger partial charge is 0.341 e. The normalized spacial score (nSPS) is 23.4. The number of rotatable bonds is 4. The van der Waals surface area contributed by atoms with Crippen LogP contribution in [0, 0.1) is 6.92 Å². The Morgan fingerprint density at radius 2 is 1.92 bits per heavy atom. The van der Waals surface area contributed by atoms with Crippen LogP contribution in [0.25, 0.3) is 0 Å². The molecule has 1 N–H and O–H groups in total. The topological polar surface area (TPSA) is 52.6 Å². The number of benzene rings is 1. The maximum atomic E-state index is 13.1. The van der Waals surface area contributed by atoms with Crippen LogP contribution in [0.2, 0.25) is 0 Å². The first-order chi connectivity index (χ1) is 12.1. The fourth-order valence-electron chi connectivity index (χ4n) is 4.28. The molecule has 1 unspecified atom stereocenters. The Hall–Kier alpha value is -2.04. The van der Waals surface area contributed by atoms with Gasteiger partial charge < -0.3 is 15.1 Å². The second kappa shape index (κ2) is 7.46. The van der Waals surface area contributed by atoms with Crippen LogP contribution >= 0.6 is 0 Å². The molecule has 2 heterocycles. The zero-order valence-corrected chi connectivity index (χ0v) is 15.4. The summed E-state index contributed by atoms with van der Waals surface area (Å²) < 4.78 is 0. The molecule has 1 spiro atoms. The van der Waals surface area contributed by atoms with Gasteiger partial charge in [0, 0.05) is 26.2 Å². The summed E-state index contributed by atoms with van der Waals surface area (Å²) in [5.41, 5.74) is 1.68. The van der Waals surface area contributed by atoms with Crippen molar-refractivity contribution in [1.82, 2.24) is 15.1 Å². The van der Waals surface area contributed by atoms with E-state index in [0.29, 0.717) is 13.1 Å². The van der Waals surface area contributed by atoms with Gasteiger partial charge in [0.05, 0.1) is 0 Å². The number of hydrogen-bond acceptors (Lipinski definition) is 2. The van der Waals surface area contributed by atoms with E-state index in [9.17, 15) is 9.59 Å². The minimum Gasteiger partial charge on any atom is -0.341 e. The Bertz CT molecular complexity index is 644. The smallest absolute Gasteiger partial charge is 0.318 e. The van der Waals surface area contributed by atoms with Gasteiger partial charge in [-0.1, -0.05) is 31.2 Å². The highest BCUT2D eigenvalue weighted by atomic mass is 16.2. The summed E-state index contributed by atoms with van der Waals surface area (Å²) in [5, 5.41) is 3.04. The van der Waals surface area contributed by atoms with Crippen LogP contribution in [0.1, 0.15) is 50.2 Å². The SMILES string of the molecule is CCCN1CCCC2(CCCN2C(=O)NCc2ccccc2C)C1=O. The summed E-state index contributed by atoms with van der Waals surface area (Å²) in [6.45, 7) is 6.94. The molecule has 0 aromatic heterocycles. The van der Waals surface area contributed by atoms with Crippen molar-refractivity contribution >= 4 is 11.9 Å². The number of likely N-dealkylation sites (tertiary alicyclic amines) is 2. The van der Waals surface area contributed by atoms with Gasteiger partial charge in [-0.25, -0.2) is 4.79 Å². The number of piperidine rings is 1. The summed E-state index contributed by atoms with van der Waals surface area (Å²) >= 11 is 0. The zero-order chi connectivity index (χ0) is 17.9. The highest BCUT2D eigenvalue weighted by Crippen LogP contribution is 2.38. The number of urea groups is 1. The Balaban J connectivity index is 1.71. The molecule has 1 aromatic carbocycles. The van der Waals surface area contributed by atoms with Crippen molar-refractivity contribution in [3.63, 3.8) is 0 Å². The zero-order valence-electron chi connectivity index (χ0n) is 15.4. The number of hydrogen-bond donors (Lipinski definition) is 1. The van der Waals surface area contributed by atoms with Gasteiger partial charge in [0.25, 0.3) is 0 Å². The third-order valence-electron chi connectivity index (χ3n) is 5.62. The lowest BCUT2D eigenvalue weighted by atomic mass is 9.85. The number of nitrogens with one attached hydrogen (secondary N) is 1. The Labute approximate surface area is 150 Å². The summed E-state index contributed by atoms with van der Waals surface area (Å²) in [6.07, 6.45) is 4.44. The van der Waals surface area contributed by atoms with E-state index in [-0.39, 0.29) is 11.9 Å². The minimum absolute atomic E-state index is 0.104. The summed E-state index contributed by atoms with van der Waals surface area (Å²) in [5.74, 6) is 0.157. The number of nitrogens with zero attached hydrogens (tertiary/aromatic N) is 2. The Kier molecular flexibility index (Phi) is 5.30. The van der Waals surface area contributed by atoms with Crippen molar-refractivity contribution in [2.24, 2.45) is 0 Å². The third kappa shape index (κ3) is 3.37. The molecule has 0 aliphatic carbocycles. The Morgan fingerprint density at radius 1 is 1.20 bits per heavy atom. The van der Waals surface area contributed by atoms with E-state index in [0.717, 1.165) is 50.8 Å². The minimum atomic E-state index is -0.608. The summed E-state index contributed by atoms with van der Waals surface area (Å²) in [6, 6.07) is 7.96. The van der Waals surface area contributed by atoms with Crippen molar-refractivity contribution < 1.29 is 9.59 Å². The molecule has 0 radical (unpaired) electrons. The van der Waals surface area contributed by atoms with Crippen molar-refractivity contribution in [1.29, 1.82) is 0 Å². The van der Waals surface area contributed by atoms with Gasteiger partial charge in [-0.3, -0.25) is 4.79 Å². The predicted molar refractivity (Wildman–Crippen MR) is 98.2 cm³/mol. The molecule has 136 valence electrons. The first kappa shape index (κ1) is 17.8. The van der Waals surface area contributed by atoms with E-state index >= 15 is 0 Å². The fourth-order valence-corrected chi connectivity index (χ4v) is 4.28. The second-order valence-electron chi connectivity index (χ2n) is 7.27. The van der Waals surface area contributed by atoms with E-state index in [1.807, 2.05) is 41.0 Å². The molecule has 2 aliphatic heterocycles. The molecule has 2 saturated heterocycles. The second-order valence-corrected chi connectivity index (χ2v) is 7.27. The molecule has 3 amide bonds. The molecular weight excluding hydrogens is 314 g/mol. The molecule has 1 atom stereocenters. The van der Waals surface area contributed by atoms with Crippen molar-refractivity contribution in [2.75, 3.05) is 19.6 Å². The first-order valence-electron chi connectivity index (χ1n) is 9.48. The van der Waals surface area contributed by atoms with Gasteiger partial charge in [-0.15, -0.1) is 0 Å². The van der Waals surface area contributed by atoms with Gasteiger partial charge in [0.15, 0.2) is 0 Å². The summed E-state index contributed by atoms with van der Waals surface area (Å²) in [7, 11) is 0. The molecule has 5 nitrogen and oxygen atoms in total. The van der Waals surface area contributed by atoms with Crippen LogP contribution in [0.15, 0.2) is 24.3 Å². The molecule has 0 bridgehead atoms. The molecule has 25 heavy (non-hydrogen) atoms. The van der Waals surface area contributed by atoms with Crippen LogP contribution in [0.5, 0.6) is 0 Å². The molecular formula is C20H29N3O2. The fraction of sp³-hybridized carbons (Fsp3) is 0.600. The molecule has 2 aliphatic rings. The van der Waals surface area contributed by atoms with E-state index in [2.05, 4.69) is 12.2 Å². The van der Waals surface area contributed by atoms with E-state index in [1.54, 1.807) is 0 Å². The van der Waals surface area contributed by atoms with E-state index in [1.165, 1.54) is 5.56 Å². The lowest BCUT2D eigenvalue weighted by molar-refractivity contribution is -0.145. The monoisotopic (exact) mass is 343 g/mol. The first-order valence-corrected chi connectivity index (χ1v) is 9.48. The molecule has 3 rings (SSSR count). The molecule has 2 fully saturated rings. The number of aryl methyl sites for hydroxylation is 1. The quantitative estimate of drug-likeness (QED) is 0.913. The number of amides is 3. The summed E-state index contributed by atoms with van der Waals surface area (Å²) in [4.78, 5) is 29.7. The van der Waals surface area contributed by atoms with Crippen molar-refractivity contribution in [2.45, 2.75) is 58.0 Å². The van der Waals surface area contributed by atoms with Crippen LogP contribution in [-0.2, 0) is 11.3 Å². The average Bonchev–Trinajstić information content (AvgIpc) is 3.03. The molecule has 0 saturated carbocycles. The predicted octanol–water partition coefficient (Wildman–Crippen LogP) is 3.07. The molecule has 1 aromatic rings.